The molecule has 0 aliphatic carbocycles. The van der Waals surface area contributed by atoms with Gasteiger partial charge >= 0.3 is 0 Å². The van der Waals surface area contributed by atoms with E-state index in [-0.39, 0.29) is 18.3 Å². The average molecular weight is 205 g/mol. The SMILES string of the molecule is CCCC(CCO)C(=O)[C@@H](N)CS. The van der Waals surface area contributed by atoms with Gasteiger partial charge in [-0.2, -0.15) is 12.6 Å². The average Bonchev–Trinajstić information content (AvgIpc) is 2.15. The van der Waals surface area contributed by atoms with Gasteiger partial charge in [-0.25, -0.2) is 0 Å². The molecule has 0 fully saturated rings. The van der Waals surface area contributed by atoms with Crippen molar-refractivity contribution in [1.82, 2.24) is 0 Å². The predicted octanol–water partition coefficient (Wildman–Crippen LogP) is 0.611. The summed E-state index contributed by atoms with van der Waals surface area (Å²) in [6.07, 6.45) is 2.27. The molecule has 0 aliphatic heterocycles. The zero-order valence-corrected chi connectivity index (χ0v) is 8.96. The van der Waals surface area contributed by atoms with Crippen molar-refractivity contribution in [2.45, 2.75) is 32.2 Å². The lowest BCUT2D eigenvalue weighted by atomic mass is 9.92. The smallest absolute Gasteiger partial charge is 0.153 e. The zero-order valence-electron chi connectivity index (χ0n) is 8.07. The van der Waals surface area contributed by atoms with Crippen LogP contribution in [-0.4, -0.2) is 29.3 Å². The summed E-state index contributed by atoms with van der Waals surface area (Å²) in [5.74, 6) is 0.327. The molecule has 0 aliphatic rings. The summed E-state index contributed by atoms with van der Waals surface area (Å²) in [5.41, 5.74) is 5.57. The Labute approximate surface area is 85.1 Å². The van der Waals surface area contributed by atoms with Crippen molar-refractivity contribution in [2.24, 2.45) is 11.7 Å². The molecule has 0 aromatic heterocycles. The molecule has 2 atom stereocenters. The van der Waals surface area contributed by atoms with E-state index in [1.54, 1.807) is 0 Å². The molecule has 0 saturated carbocycles. The van der Waals surface area contributed by atoms with E-state index in [4.69, 9.17) is 10.8 Å². The zero-order chi connectivity index (χ0) is 10.3. The molecule has 0 amide bonds. The van der Waals surface area contributed by atoms with Gasteiger partial charge in [0.15, 0.2) is 5.78 Å². The normalized spacial score (nSPS) is 15.4. The Hall–Kier alpha value is -0.0600. The number of carbonyl (C=O) groups is 1. The molecule has 0 bridgehead atoms. The van der Waals surface area contributed by atoms with Gasteiger partial charge in [0.1, 0.15) is 0 Å². The third-order valence-electron chi connectivity index (χ3n) is 2.08. The van der Waals surface area contributed by atoms with Crippen molar-refractivity contribution >= 4 is 18.4 Å². The Balaban J connectivity index is 4.09. The van der Waals surface area contributed by atoms with E-state index in [9.17, 15) is 4.79 Å². The minimum absolute atomic E-state index is 0.0332. The monoisotopic (exact) mass is 205 g/mol. The molecular weight excluding hydrogens is 186 g/mol. The number of nitrogens with two attached hydrogens (primary N) is 1. The standard InChI is InChI=1S/C9H19NO2S/c1-2-3-7(4-5-11)9(12)8(10)6-13/h7-8,11,13H,2-6,10H2,1H3/t7?,8-/m0/s1. The highest BCUT2D eigenvalue weighted by Crippen LogP contribution is 2.13. The maximum atomic E-state index is 11.6. The van der Waals surface area contributed by atoms with Gasteiger partial charge in [0.05, 0.1) is 6.04 Å². The van der Waals surface area contributed by atoms with Crippen LogP contribution in [0.4, 0.5) is 0 Å². The van der Waals surface area contributed by atoms with Crippen LogP contribution in [0.1, 0.15) is 26.2 Å². The fraction of sp³-hybridized carbons (Fsp3) is 0.889. The second kappa shape index (κ2) is 7.35. The van der Waals surface area contributed by atoms with Crippen LogP contribution in [0, 0.1) is 5.92 Å². The van der Waals surface area contributed by atoms with Crippen LogP contribution in [0.25, 0.3) is 0 Å². The van der Waals surface area contributed by atoms with Crippen molar-refractivity contribution in [1.29, 1.82) is 0 Å². The van der Waals surface area contributed by atoms with Crippen molar-refractivity contribution < 1.29 is 9.90 Å². The van der Waals surface area contributed by atoms with Gasteiger partial charge in [-0.05, 0) is 12.8 Å². The molecular formula is C9H19NO2S. The number of carbonyl (C=O) groups excluding carboxylic acids is 1. The van der Waals surface area contributed by atoms with Crippen LogP contribution >= 0.6 is 12.6 Å². The van der Waals surface area contributed by atoms with Gasteiger partial charge in [-0.15, -0.1) is 0 Å². The van der Waals surface area contributed by atoms with Crippen LogP contribution in [0.2, 0.25) is 0 Å². The number of thiol groups is 1. The number of rotatable bonds is 7. The molecule has 0 spiro atoms. The fourth-order valence-corrected chi connectivity index (χ4v) is 1.51. The summed E-state index contributed by atoms with van der Waals surface area (Å²) >= 11 is 3.98. The first-order valence-corrected chi connectivity index (χ1v) is 5.31. The molecule has 0 aromatic rings. The van der Waals surface area contributed by atoms with Gasteiger partial charge < -0.3 is 10.8 Å². The molecule has 4 heteroatoms. The summed E-state index contributed by atoms with van der Waals surface area (Å²) in [6, 6.07) is -0.480. The third kappa shape index (κ3) is 4.64. The fourth-order valence-electron chi connectivity index (χ4n) is 1.33. The maximum Gasteiger partial charge on any atom is 0.153 e. The van der Waals surface area contributed by atoms with Crippen molar-refractivity contribution in [3.05, 3.63) is 0 Å². The first kappa shape index (κ1) is 12.9. The van der Waals surface area contributed by atoms with Gasteiger partial charge in [-0.1, -0.05) is 13.3 Å². The number of hydrogen-bond donors (Lipinski definition) is 3. The quantitative estimate of drug-likeness (QED) is 0.534. The van der Waals surface area contributed by atoms with E-state index in [0.29, 0.717) is 12.2 Å². The first-order valence-electron chi connectivity index (χ1n) is 4.68. The van der Waals surface area contributed by atoms with Crippen molar-refractivity contribution in [3.63, 3.8) is 0 Å². The van der Waals surface area contributed by atoms with Crippen LogP contribution in [0.5, 0.6) is 0 Å². The Bertz CT molecular complexity index is 147. The van der Waals surface area contributed by atoms with Gasteiger partial charge in [0, 0.05) is 18.3 Å². The van der Waals surface area contributed by atoms with E-state index in [0.717, 1.165) is 12.8 Å². The molecule has 0 saturated heterocycles. The Morgan fingerprint density at radius 1 is 1.54 bits per heavy atom. The van der Waals surface area contributed by atoms with Crippen molar-refractivity contribution in [2.75, 3.05) is 12.4 Å². The highest BCUT2D eigenvalue weighted by atomic mass is 32.1. The lowest BCUT2D eigenvalue weighted by molar-refractivity contribution is -0.124. The van der Waals surface area contributed by atoms with Gasteiger partial charge in [0.2, 0.25) is 0 Å². The predicted molar refractivity (Wildman–Crippen MR) is 56.9 cm³/mol. The van der Waals surface area contributed by atoms with E-state index in [1.807, 2.05) is 6.92 Å². The summed E-state index contributed by atoms with van der Waals surface area (Å²) in [4.78, 5) is 11.6. The Morgan fingerprint density at radius 3 is 2.54 bits per heavy atom. The van der Waals surface area contributed by atoms with Crippen LogP contribution in [0.3, 0.4) is 0 Å². The number of Topliss-reactive ketones (excluding diaryl/α,β-unsaturated/α-hetero) is 1. The molecule has 13 heavy (non-hydrogen) atoms. The lowest BCUT2D eigenvalue weighted by Crippen LogP contribution is -2.37. The highest BCUT2D eigenvalue weighted by molar-refractivity contribution is 7.80. The first-order chi connectivity index (χ1) is 6.17. The highest BCUT2D eigenvalue weighted by Gasteiger charge is 2.21. The maximum absolute atomic E-state index is 11.6. The van der Waals surface area contributed by atoms with E-state index < -0.39 is 6.04 Å². The molecule has 3 N–H and O–H groups in total. The summed E-state index contributed by atoms with van der Waals surface area (Å²) < 4.78 is 0. The van der Waals surface area contributed by atoms with Gasteiger partial charge in [-0.3, -0.25) is 4.79 Å². The minimum atomic E-state index is -0.480. The molecule has 0 heterocycles. The summed E-state index contributed by atoms with van der Waals surface area (Å²) in [7, 11) is 0. The summed E-state index contributed by atoms with van der Waals surface area (Å²) in [5, 5.41) is 8.75. The van der Waals surface area contributed by atoms with E-state index in [1.165, 1.54) is 0 Å². The number of aliphatic hydroxyl groups excluding tert-OH is 1. The largest absolute Gasteiger partial charge is 0.396 e. The molecule has 3 nitrogen and oxygen atoms in total. The second-order valence-electron chi connectivity index (χ2n) is 3.19. The van der Waals surface area contributed by atoms with E-state index >= 15 is 0 Å². The minimum Gasteiger partial charge on any atom is -0.396 e. The molecule has 0 rings (SSSR count). The lowest BCUT2D eigenvalue weighted by Gasteiger charge is -2.16. The number of hydrogen-bond acceptors (Lipinski definition) is 4. The molecule has 78 valence electrons. The number of aliphatic hydroxyl groups is 1. The van der Waals surface area contributed by atoms with Gasteiger partial charge in [0.25, 0.3) is 0 Å². The molecule has 0 radical (unpaired) electrons. The van der Waals surface area contributed by atoms with Crippen LogP contribution in [-0.2, 0) is 4.79 Å². The third-order valence-corrected chi connectivity index (χ3v) is 2.47. The molecule has 1 unspecified atom stereocenters. The number of ketones is 1. The van der Waals surface area contributed by atoms with Crippen LogP contribution in [0.15, 0.2) is 0 Å². The van der Waals surface area contributed by atoms with E-state index in [2.05, 4.69) is 12.6 Å². The Kier molecular flexibility index (Phi) is 7.32. The second-order valence-corrected chi connectivity index (χ2v) is 3.55. The van der Waals surface area contributed by atoms with Crippen molar-refractivity contribution in [3.8, 4) is 0 Å². The summed E-state index contributed by atoms with van der Waals surface area (Å²) in [6.45, 7) is 2.07. The topological polar surface area (TPSA) is 63.3 Å². The van der Waals surface area contributed by atoms with Crippen LogP contribution < -0.4 is 5.73 Å². The Morgan fingerprint density at radius 2 is 2.15 bits per heavy atom. The molecule has 0 aromatic carbocycles.